The lowest BCUT2D eigenvalue weighted by Crippen LogP contribution is -2.33. The molecule has 4 rings (SSSR count). The zero-order chi connectivity index (χ0) is 23.9. The van der Waals surface area contributed by atoms with Crippen molar-refractivity contribution in [2.45, 2.75) is 31.6 Å². The van der Waals surface area contributed by atoms with Gasteiger partial charge in [-0.25, -0.2) is 0 Å². The lowest BCUT2D eigenvalue weighted by molar-refractivity contribution is -0.119. The number of hydrogen-bond donors (Lipinski definition) is 1. The molecule has 4 aromatic rings. The van der Waals surface area contributed by atoms with Crippen molar-refractivity contribution in [1.29, 1.82) is 0 Å². The Morgan fingerprint density at radius 2 is 1.82 bits per heavy atom. The maximum atomic E-state index is 12.9. The van der Waals surface area contributed by atoms with Gasteiger partial charge in [0.05, 0.1) is 31.7 Å². The van der Waals surface area contributed by atoms with Crippen LogP contribution in [0.1, 0.15) is 31.2 Å². The molecule has 7 nitrogen and oxygen atoms in total. The highest BCUT2D eigenvalue weighted by Crippen LogP contribution is 2.27. The van der Waals surface area contributed by atoms with Crippen LogP contribution in [0.5, 0.6) is 5.75 Å². The third-order valence-electron chi connectivity index (χ3n) is 5.43. The second kappa shape index (κ2) is 11.1. The Labute approximate surface area is 203 Å². The van der Waals surface area contributed by atoms with Gasteiger partial charge in [0.1, 0.15) is 11.5 Å². The van der Waals surface area contributed by atoms with Crippen LogP contribution in [-0.2, 0) is 11.3 Å². The van der Waals surface area contributed by atoms with Gasteiger partial charge in [-0.3, -0.25) is 9.36 Å². The highest BCUT2D eigenvalue weighted by molar-refractivity contribution is 7.99. The topological polar surface area (TPSA) is 82.2 Å². The van der Waals surface area contributed by atoms with Gasteiger partial charge in [-0.15, -0.1) is 10.2 Å². The van der Waals surface area contributed by atoms with Crippen LogP contribution < -0.4 is 10.1 Å². The second-order valence-electron chi connectivity index (χ2n) is 8.19. The van der Waals surface area contributed by atoms with Crippen molar-refractivity contribution < 1.29 is 13.9 Å². The average Bonchev–Trinajstić information content (AvgIpc) is 3.52. The zero-order valence-electron chi connectivity index (χ0n) is 19.5. The maximum absolute atomic E-state index is 12.9. The van der Waals surface area contributed by atoms with Gasteiger partial charge in [0.2, 0.25) is 5.91 Å². The van der Waals surface area contributed by atoms with E-state index >= 15 is 0 Å². The molecule has 1 atom stereocenters. The molecule has 0 saturated carbocycles. The number of benzene rings is 2. The molecule has 1 unspecified atom stereocenters. The fourth-order valence-electron chi connectivity index (χ4n) is 3.69. The molecule has 1 amide bonds. The molecule has 8 heteroatoms. The van der Waals surface area contributed by atoms with E-state index in [1.54, 1.807) is 13.4 Å². The van der Waals surface area contributed by atoms with Gasteiger partial charge in [0, 0.05) is 5.56 Å². The molecular formula is C26H28N4O3S. The van der Waals surface area contributed by atoms with Gasteiger partial charge >= 0.3 is 0 Å². The van der Waals surface area contributed by atoms with Gasteiger partial charge in [0.25, 0.3) is 0 Å². The van der Waals surface area contributed by atoms with Crippen LogP contribution in [0.25, 0.3) is 11.4 Å². The number of carbonyl (C=O) groups excluding carboxylic acids is 1. The van der Waals surface area contributed by atoms with Crippen LogP contribution in [0.2, 0.25) is 0 Å². The van der Waals surface area contributed by atoms with Crippen LogP contribution >= 0.6 is 11.8 Å². The summed E-state index contributed by atoms with van der Waals surface area (Å²) >= 11 is 1.36. The number of hydrogen-bond acceptors (Lipinski definition) is 6. The first-order chi connectivity index (χ1) is 16.5. The van der Waals surface area contributed by atoms with Crippen LogP contribution in [0, 0.1) is 5.92 Å². The van der Waals surface area contributed by atoms with Crippen LogP contribution in [0.3, 0.4) is 0 Å². The standard InChI is InChI=1S/C26H28N4O3S/c1-18(2)24(19-11-13-21(32-3)14-12-19)27-23(31)17-34-26-29-28-25(20-8-5-4-6-9-20)30(26)16-22-10-7-15-33-22/h4-15,18,24H,16-17H2,1-3H3,(H,27,31). The van der Waals surface area contributed by atoms with Crippen LogP contribution in [-0.4, -0.2) is 33.5 Å². The monoisotopic (exact) mass is 476 g/mol. The molecule has 34 heavy (non-hydrogen) atoms. The Kier molecular flexibility index (Phi) is 7.69. The number of furan rings is 1. The molecule has 2 aromatic carbocycles. The molecule has 0 saturated heterocycles. The van der Waals surface area contributed by atoms with E-state index in [0.717, 1.165) is 28.5 Å². The normalized spacial score (nSPS) is 12.0. The Balaban J connectivity index is 1.48. The van der Waals surface area contributed by atoms with Gasteiger partial charge < -0.3 is 14.5 Å². The molecule has 2 aromatic heterocycles. The number of methoxy groups -OCH3 is 1. The predicted octanol–water partition coefficient (Wildman–Crippen LogP) is 5.20. The number of aromatic nitrogens is 3. The van der Waals surface area contributed by atoms with Gasteiger partial charge in [-0.05, 0) is 35.7 Å². The van der Waals surface area contributed by atoms with E-state index in [2.05, 4.69) is 29.4 Å². The van der Waals surface area contributed by atoms with Crippen molar-refractivity contribution in [2.75, 3.05) is 12.9 Å². The summed E-state index contributed by atoms with van der Waals surface area (Å²) in [6, 6.07) is 21.3. The molecule has 0 aliphatic heterocycles. The lowest BCUT2D eigenvalue weighted by Gasteiger charge is -2.23. The number of nitrogens with one attached hydrogen (secondary N) is 1. The third kappa shape index (κ3) is 5.69. The van der Waals surface area contributed by atoms with Crippen molar-refractivity contribution in [3.05, 3.63) is 84.3 Å². The van der Waals surface area contributed by atoms with Crippen molar-refractivity contribution >= 4 is 17.7 Å². The maximum Gasteiger partial charge on any atom is 0.230 e. The minimum atomic E-state index is -0.0973. The van der Waals surface area contributed by atoms with Crippen LogP contribution in [0.4, 0.5) is 0 Å². The Bertz CT molecular complexity index is 1190. The van der Waals surface area contributed by atoms with Crippen molar-refractivity contribution in [2.24, 2.45) is 5.92 Å². The second-order valence-corrected chi connectivity index (χ2v) is 9.13. The smallest absolute Gasteiger partial charge is 0.230 e. The highest BCUT2D eigenvalue weighted by Gasteiger charge is 2.21. The first-order valence-corrected chi connectivity index (χ1v) is 12.1. The molecule has 0 aliphatic carbocycles. The molecule has 0 radical (unpaired) electrons. The minimum absolute atomic E-state index is 0.0617. The quantitative estimate of drug-likeness (QED) is 0.317. The average molecular weight is 477 g/mol. The van der Waals surface area contributed by atoms with Gasteiger partial charge in [-0.2, -0.15) is 0 Å². The molecule has 0 aliphatic rings. The SMILES string of the molecule is COc1ccc(C(NC(=O)CSc2nnc(-c3ccccc3)n2Cc2ccco2)C(C)C)cc1. The Hall–Kier alpha value is -3.52. The summed E-state index contributed by atoms with van der Waals surface area (Å²) in [6.45, 7) is 4.66. The fraction of sp³-hybridized carbons (Fsp3) is 0.269. The summed E-state index contributed by atoms with van der Waals surface area (Å²) in [6.07, 6.45) is 1.65. The van der Waals surface area contributed by atoms with E-state index in [1.807, 2.05) is 71.3 Å². The number of nitrogens with zero attached hydrogens (tertiary/aromatic N) is 3. The molecule has 0 fully saturated rings. The summed E-state index contributed by atoms with van der Waals surface area (Å²) in [5.41, 5.74) is 2.00. The zero-order valence-corrected chi connectivity index (χ0v) is 20.3. The molecule has 1 N–H and O–H groups in total. The number of carbonyl (C=O) groups is 1. The van der Waals surface area contributed by atoms with Crippen LogP contribution in [0.15, 0.2) is 82.6 Å². The lowest BCUT2D eigenvalue weighted by atomic mass is 9.96. The fourth-order valence-corrected chi connectivity index (χ4v) is 4.44. The number of thioether (sulfide) groups is 1. The number of ether oxygens (including phenoxy) is 1. The first-order valence-electron chi connectivity index (χ1n) is 11.1. The van der Waals surface area contributed by atoms with E-state index in [-0.39, 0.29) is 23.6 Å². The summed E-state index contributed by atoms with van der Waals surface area (Å²) in [5, 5.41) is 12.6. The molecule has 2 heterocycles. The molecule has 176 valence electrons. The summed E-state index contributed by atoms with van der Waals surface area (Å²) in [7, 11) is 1.64. The van der Waals surface area contributed by atoms with Crippen molar-refractivity contribution in [1.82, 2.24) is 20.1 Å². The molecular weight excluding hydrogens is 448 g/mol. The largest absolute Gasteiger partial charge is 0.497 e. The van der Waals surface area contributed by atoms with Crippen molar-refractivity contribution in [3.63, 3.8) is 0 Å². The predicted molar refractivity (Wildman–Crippen MR) is 133 cm³/mol. The number of rotatable bonds is 10. The summed E-state index contributed by atoms with van der Waals surface area (Å²) in [5.74, 6) is 2.71. The molecule has 0 bridgehead atoms. The van der Waals surface area contributed by atoms with E-state index in [4.69, 9.17) is 9.15 Å². The molecule has 0 spiro atoms. The third-order valence-corrected chi connectivity index (χ3v) is 6.40. The van der Waals surface area contributed by atoms with E-state index in [0.29, 0.717) is 11.7 Å². The Morgan fingerprint density at radius 3 is 2.47 bits per heavy atom. The Morgan fingerprint density at radius 1 is 1.06 bits per heavy atom. The van der Waals surface area contributed by atoms with Crippen molar-refractivity contribution in [3.8, 4) is 17.1 Å². The first kappa shape index (κ1) is 23.6. The van der Waals surface area contributed by atoms with E-state index in [1.165, 1.54) is 11.8 Å². The highest BCUT2D eigenvalue weighted by atomic mass is 32.2. The van der Waals surface area contributed by atoms with E-state index in [9.17, 15) is 4.79 Å². The van der Waals surface area contributed by atoms with Gasteiger partial charge in [-0.1, -0.05) is 68.1 Å². The number of amides is 1. The van der Waals surface area contributed by atoms with E-state index < -0.39 is 0 Å². The summed E-state index contributed by atoms with van der Waals surface area (Å²) < 4.78 is 12.8. The summed E-state index contributed by atoms with van der Waals surface area (Å²) in [4.78, 5) is 12.9. The minimum Gasteiger partial charge on any atom is -0.497 e. The van der Waals surface area contributed by atoms with Gasteiger partial charge in [0.15, 0.2) is 11.0 Å².